The Hall–Kier alpha value is -2.50. The van der Waals surface area contributed by atoms with Crippen LogP contribution >= 0.6 is 0 Å². The van der Waals surface area contributed by atoms with E-state index < -0.39 is 0 Å². The summed E-state index contributed by atoms with van der Waals surface area (Å²) in [5.41, 5.74) is 0.547. The third-order valence-corrected chi connectivity index (χ3v) is 3.15. The molecule has 6 heteroatoms. The Kier molecular flexibility index (Phi) is 5.41. The fraction of sp³-hybridized carbons (Fsp3) is 0.375. The van der Waals surface area contributed by atoms with E-state index in [1.54, 1.807) is 24.2 Å². The van der Waals surface area contributed by atoms with Crippen LogP contribution in [0, 0.1) is 0 Å². The fourth-order valence-corrected chi connectivity index (χ4v) is 1.96. The van der Waals surface area contributed by atoms with Crippen molar-refractivity contribution in [2.24, 2.45) is 0 Å². The van der Waals surface area contributed by atoms with Crippen molar-refractivity contribution in [1.29, 1.82) is 0 Å². The highest BCUT2D eigenvalue weighted by atomic mass is 16.5. The first-order valence-electron chi connectivity index (χ1n) is 7.23. The van der Waals surface area contributed by atoms with Gasteiger partial charge in [-0.2, -0.15) is 5.10 Å². The van der Waals surface area contributed by atoms with Crippen LogP contribution in [0.5, 0.6) is 11.5 Å². The Balaban J connectivity index is 1.87. The first-order valence-corrected chi connectivity index (χ1v) is 7.23. The van der Waals surface area contributed by atoms with Gasteiger partial charge in [0.2, 0.25) is 0 Å². The lowest BCUT2D eigenvalue weighted by Gasteiger charge is -2.16. The zero-order valence-electron chi connectivity index (χ0n) is 13.1. The molecule has 6 nitrogen and oxygen atoms in total. The molecule has 0 aliphatic rings. The molecule has 1 amide bonds. The number of para-hydroxylation sites is 2. The molecular weight excluding hydrogens is 282 g/mol. The van der Waals surface area contributed by atoms with Crippen LogP contribution in [-0.4, -0.2) is 35.4 Å². The summed E-state index contributed by atoms with van der Waals surface area (Å²) in [5.74, 6) is 1.17. The zero-order valence-corrected chi connectivity index (χ0v) is 13.1. The Morgan fingerprint density at radius 1 is 1.36 bits per heavy atom. The molecule has 2 aromatic rings. The van der Waals surface area contributed by atoms with E-state index in [1.807, 2.05) is 38.1 Å². The monoisotopic (exact) mass is 303 g/mol. The van der Waals surface area contributed by atoms with Crippen molar-refractivity contribution in [2.45, 2.75) is 26.4 Å². The lowest BCUT2D eigenvalue weighted by atomic mass is 10.3. The van der Waals surface area contributed by atoms with Crippen LogP contribution in [0.3, 0.4) is 0 Å². The van der Waals surface area contributed by atoms with Crippen molar-refractivity contribution in [3.63, 3.8) is 0 Å². The lowest BCUT2D eigenvalue weighted by molar-refractivity contribution is 0.0926. The van der Waals surface area contributed by atoms with E-state index >= 15 is 0 Å². The highest BCUT2D eigenvalue weighted by molar-refractivity contribution is 5.93. The Bertz CT molecular complexity index is 625. The van der Waals surface area contributed by atoms with Crippen LogP contribution in [0.4, 0.5) is 0 Å². The van der Waals surface area contributed by atoms with E-state index in [1.165, 1.54) is 0 Å². The standard InChI is InChI=1S/C16H21N3O3/c1-4-19-10-13(9-17-19)16(20)18-12(2)11-22-15-8-6-5-7-14(15)21-3/h5-10,12H,4,11H2,1-3H3,(H,18,20)/t12-/m1/s1. The smallest absolute Gasteiger partial charge is 0.254 e. The maximum Gasteiger partial charge on any atom is 0.254 e. The summed E-state index contributed by atoms with van der Waals surface area (Å²) >= 11 is 0. The van der Waals surface area contributed by atoms with Gasteiger partial charge < -0.3 is 14.8 Å². The van der Waals surface area contributed by atoms with Crippen LogP contribution in [-0.2, 0) is 6.54 Å². The number of nitrogens with zero attached hydrogens (tertiary/aromatic N) is 2. The molecule has 1 atom stereocenters. The van der Waals surface area contributed by atoms with Crippen LogP contribution < -0.4 is 14.8 Å². The van der Waals surface area contributed by atoms with Crippen LogP contribution in [0.15, 0.2) is 36.7 Å². The number of nitrogens with one attached hydrogen (secondary N) is 1. The number of hydrogen-bond donors (Lipinski definition) is 1. The zero-order chi connectivity index (χ0) is 15.9. The van der Waals surface area contributed by atoms with Gasteiger partial charge in [0.05, 0.1) is 24.9 Å². The van der Waals surface area contributed by atoms with Gasteiger partial charge in [-0.3, -0.25) is 9.48 Å². The molecule has 0 spiro atoms. The minimum atomic E-state index is -0.157. The molecule has 0 fully saturated rings. The van der Waals surface area contributed by atoms with Crippen LogP contribution in [0.1, 0.15) is 24.2 Å². The van der Waals surface area contributed by atoms with E-state index in [9.17, 15) is 4.79 Å². The Morgan fingerprint density at radius 3 is 2.73 bits per heavy atom. The summed E-state index contributed by atoms with van der Waals surface area (Å²) in [5, 5.41) is 6.97. The lowest BCUT2D eigenvalue weighted by Crippen LogP contribution is -2.36. The summed E-state index contributed by atoms with van der Waals surface area (Å²) in [7, 11) is 1.60. The topological polar surface area (TPSA) is 65.4 Å². The maximum absolute atomic E-state index is 12.1. The SMILES string of the molecule is CCn1cc(C(=O)N[C@H](C)COc2ccccc2OC)cn1. The number of benzene rings is 1. The predicted octanol–water partition coefficient (Wildman–Crippen LogP) is 2.11. The molecule has 0 aliphatic carbocycles. The number of aromatic nitrogens is 2. The number of amides is 1. The van der Waals surface area contributed by atoms with Gasteiger partial charge in [0.1, 0.15) is 6.61 Å². The van der Waals surface area contributed by atoms with Gasteiger partial charge in [0, 0.05) is 12.7 Å². The van der Waals surface area contributed by atoms with Crippen molar-refractivity contribution in [1.82, 2.24) is 15.1 Å². The van der Waals surface area contributed by atoms with Gasteiger partial charge in [-0.25, -0.2) is 0 Å². The van der Waals surface area contributed by atoms with Gasteiger partial charge >= 0.3 is 0 Å². The van der Waals surface area contributed by atoms with Crippen LogP contribution in [0.25, 0.3) is 0 Å². The Morgan fingerprint density at radius 2 is 2.09 bits per heavy atom. The third-order valence-electron chi connectivity index (χ3n) is 3.15. The normalized spacial score (nSPS) is 11.8. The summed E-state index contributed by atoms with van der Waals surface area (Å²) in [6.07, 6.45) is 3.29. The van der Waals surface area contributed by atoms with Gasteiger partial charge in [0.15, 0.2) is 11.5 Å². The first kappa shape index (κ1) is 15.9. The fourth-order valence-electron chi connectivity index (χ4n) is 1.96. The number of rotatable bonds is 7. The molecule has 1 aromatic carbocycles. The predicted molar refractivity (Wildman–Crippen MR) is 83.3 cm³/mol. The summed E-state index contributed by atoms with van der Waals surface area (Å²) in [6.45, 7) is 4.95. The molecule has 0 unspecified atom stereocenters. The first-order chi connectivity index (χ1) is 10.6. The number of carbonyl (C=O) groups is 1. The van der Waals surface area contributed by atoms with Crippen molar-refractivity contribution < 1.29 is 14.3 Å². The van der Waals surface area contributed by atoms with Crippen molar-refractivity contribution in [3.05, 3.63) is 42.2 Å². The molecule has 1 heterocycles. The molecule has 0 saturated heterocycles. The highest BCUT2D eigenvalue weighted by Crippen LogP contribution is 2.25. The molecule has 0 saturated carbocycles. The van der Waals surface area contributed by atoms with Gasteiger partial charge in [-0.05, 0) is 26.0 Å². The summed E-state index contributed by atoms with van der Waals surface area (Å²) in [6, 6.07) is 7.28. The quantitative estimate of drug-likeness (QED) is 0.851. The molecule has 0 aliphatic heterocycles. The average Bonchev–Trinajstić information content (AvgIpc) is 3.02. The van der Waals surface area contributed by atoms with Crippen LogP contribution in [0.2, 0.25) is 0 Å². The van der Waals surface area contributed by atoms with E-state index in [2.05, 4.69) is 10.4 Å². The van der Waals surface area contributed by atoms with E-state index in [4.69, 9.17) is 9.47 Å². The van der Waals surface area contributed by atoms with Gasteiger partial charge in [-0.15, -0.1) is 0 Å². The van der Waals surface area contributed by atoms with E-state index in [0.717, 1.165) is 6.54 Å². The minimum absolute atomic E-state index is 0.137. The summed E-state index contributed by atoms with van der Waals surface area (Å²) < 4.78 is 12.6. The molecule has 2 rings (SSSR count). The van der Waals surface area contributed by atoms with E-state index in [-0.39, 0.29) is 11.9 Å². The maximum atomic E-state index is 12.1. The number of carbonyl (C=O) groups excluding carboxylic acids is 1. The Labute approximate surface area is 130 Å². The highest BCUT2D eigenvalue weighted by Gasteiger charge is 2.13. The number of hydrogen-bond acceptors (Lipinski definition) is 4. The third kappa shape index (κ3) is 4.00. The number of ether oxygens (including phenoxy) is 2. The van der Waals surface area contributed by atoms with E-state index in [0.29, 0.717) is 23.7 Å². The minimum Gasteiger partial charge on any atom is -0.493 e. The molecule has 1 aromatic heterocycles. The second kappa shape index (κ2) is 7.49. The second-order valence-corrected chi connectivity index (χ2v) is 4.92. The number of methoxy groups -OCH3 is 1. The molecule has 22 heavy (non-hydrogen) atoms. The number of aryl methyl sites for hydroxylation is 1. The van der Waals surface area contributed by atoms with Crippen molar-refractivity contribution >= 4 is 5.91 Å². The van der Waals surface area contributed by atoms with Gasteiger partial charge in [0.25, 0.3) is 5.91 Å². The molecule has 1 N–H and O–H groups in total. The summed E-state index contributed by atoms with van der Waals surface area (Å²) in [4.78, 5) is 12.1. The molecule has 118 valence electrons. The average molecular weight is 303 g/mol. The molecule has 0 bridgehead atoms. The van der Waals surface area contributed by atoms with Gasteiger partial charge in [-0.1, -0.05) is 12.1 Å². The molecular formula is C16H21N3O3. The van der Waals surface area contributed by atoms with Crippen molar-refractivity contribution in [3.8, 4) is 11.5 Å². The largest absolute Gasteiger partial charge is 0.493 e. The second-order valence-electron chi connectivity index (χ2n) is 4.92. The molecule has 0 radical (unpaired) electrons. The van der Waals surface area contributed by atoms with Crippen molar-refractivity contribution in [2.75, 3.05) is 13.7 Å².